The van der Waals surface area contributed by atoms with E-state index < -0.39 is 12.8 Å². The van der Waals surface area contributed by atoms with Crippen molar-refractivity contribution in [1.82, 2.24) is 10.1 Å². The maximum Gasteiger partial charge on any atom is 0.411 e. The third-order valence-corrected chi connectivity index (χ3v) is 2.63. The van der Waals surface area contributed by atoms with Crippen molar-refractivity contribution in [2.75, 3.05) is 25.6 Å². The normalized spacial score (nSPS) is 11.6. The first-order valence-corrected chi connectivity index (χ1v) is 6.24. The summed E-state index contributed by atoms with van der Waals surface area (Å²) in [7, 11) is 1.76. The van der Waals surface area contributed by atoms with E-state index in [4.69, 9.17) is 4.52 Å². The molecule has 0 saturated heterocycles. The average molecular weight is 301 g/mol. The zero-order chi connectivity index (χ0) is 15.3. The van der Waals surface area contributed by atoms with E-state index in [-0.39, 0.29) is 13.0 Å². The fourth-order valence-corrected chi connectivity index (χ4v) is 1.70. The van der Waals surface area contributed by atoms with Crippen LogP contribution < -0.4 is 5.32 Å². The molecule has 0 aliphatic rings. The van der Waals surface area contributed by atoms with Crippen LogP contribution in [0, 0.1) is 0 Å². The third kappa shape index (κ3) is 4.45. The second kappa shape index (κ2) is 6.57. The van der Waals surface area contributed by atoms with E-state index in [1.54, 1.807) is 7.05 Å². The van der Waals surface area contributed by atoms with Gasteiger partial charge in [-0.3, -0.25) is 0 Å². The Hall–Kier alpha value is -2.09. The number of hydrogen-bond donors (Lipinski definition) is 1. The third-order valence-electron chi connectivity index (χ3n) is 2.63. The van der Waals surface area contributed by atoms with Crippen molar-refractivity contribution in [3.63, 3.8) is 0 Å². The van der Waals surface area contributed by atoms with Crippen molar-refractivity contribution in [3.05, 3.63) is 30.1 Å². The molecule has 5 nitrogen and oxygen atoms in total. The summed E-state index contributed by atoms with van der Waals surface area (Å²) in [5.41, 5.74) is 1.55. The Labute approximate surface area is 119 Å². The summed E-state index contributed by atoms with van der Waals surface area (Å²) in [6.45, 7) is -1.40. The lowest BCUT2D eigenvalue weighted by molar-refractivity contribution is -0.173. The van der Waals surface area contributed by atoms with Crippen molar-refractivity contribution in [1.29, 1.82) is 0 Å². The Bertz CT molecular complexity index is 584. The number of benzene rings is 1. The summed E-state index contributed by atoms with van der Waals surface area (Å²) in [6.07, 6.45) is -4.17. The van der Waals surface area contributed by atoms with Gasteiger partial charge in [-0.2, -0.15) is 18.2 Å². The highest BCUT2D eigenvalue weighted by Gasteiger charge is 2.27. The first-order valence-electron chi connectivity index (χ1n) is 6.24. The summed E-state index contributed by atoms with van der Waals surface area (Å²) in [6, 6.07) is 7.35. The van der Waals surface area contributed by atoms with Gasteiger partial charge in [-0.25, -0.2) is 0 Å². The number of para-hydroxylation sites is 1. The fourth-order valence-electron chi connectivity index (χ4n) is 1.70. The van der Waals surface area contributed by atoms with Crippen LogP contribution in [0.1, 0.15) is 5.82 Å². The molecular formula is C13H14F3N3O2. The summed E-state index contributed by atoms with van der Waals surface area (Å²) >= 11 is 0. The van der Waals surface area contributed by atoms with Gasteiger partial charge in [-0.05, 0) is 12.1 Å². The molecule has 0 amide bonds. The first kappa shape index (κ1) is 15.3. The van der Waals surface area contributed by atoms with Crippen LogP contribution in [-0.2, 0) is 11.2 Å². The standard InChI is InChI=1S/C13H14F3N3O2/c1-17-10-5-3-2-4-9(10)12-18-11(19-21-12)6-7-20-8-13(14,15)16/h2-5,17H,6-8H2,1H3. The number of alkyl halides is 3. The molecular weight excluding hydrogens is 287 g/mol. The molecule has 0 atom stereocenters. The molecule has 0 fully saturated rings. The molecule has 0 radical (unpaired) electrons. The Balaban J connectivity index is 1.95. The molecule has 2 aromatic rings. The zero-order valence-corrected chi connectivity index (χ0v) is 11.3. The largest absolute Gasteiger partial charge is 0.411 e. The van der Waals surface area contributed by atoms with Crippen molar-refractivity contribution in [3.8, 4) is 11.5 Å². The van der Waals surface area contributed by atoms with Crippen molar-refractivity contribution in [2.24, 2.45) is 0 Å². The van der Waals surface area contributed by atoms with Crippen LogP contribution in [0.3, 0.4) is 0 Å². The van der Waals surface area contributed by atoms with Gasteiger partial charge in [0.15, 0.2) is 5.82 Å². The number of ether oxygens (including phenoxy) is 1. The lowest BCUT2D eigenvalue weighted by atomic mass is 10.2. The molecule has 1 aromatic heterocycles. The lowest BCUT2D eigenvalue weighted by Gasteiger charge is -2.05. The van der Waals surface area contributed by atoms with Crippen LogP contribution >= 0.6 is 0 Å². The minimum Gasteiger partial charge on any atom is -0.387 e. The van der Waals surface area contributed by atoms with Crippen molar-refractivity contribution in [2.45, 2.75) is 12.6 Å². The van der Waals surface area contributed by atoms with Crippen LogP contribution in [0.5, 0.6) is 0 Å². The number of nitrogens with zero attached hydrogens (tertiary/aromatic N) is 2. The molecule has 0 aliphatic heterocycles. The quantitative estimate of drug-likeness (QED) is 0.831. The average Bonchev–Trinajstić information content (AvgIpc) is 2.91. The Morgan fingerprint density at radius 1 is 1.29 bits per heavy atom. The number of hydrogen-bond acceptors (Lipinski definition) is 5. The van der Waals surface area contributed by atoms with Gasteiger partial charge in [0, 0.05) is 19.2 Å². The topological polar surface area (TPSA) is 60.2 Å². The number of halogens is 3. The molecule has 1 N–H and O–H groups in total. The van der Waals surface area contributed by atoms with Gasteiger partial charge < -0.3 is 14.6 Å². The highest BCUT2D eigenvalue weighted by Crippen LogP contribution is 2.25. The molecule has 0 bridgehead atoms. The molecule has 0 saturated carbocycles. The number of nitrogens with one attached hydrogen (secondary N) is 1. The van der Waals surface area contributed by atoms with Gasteiger partial charge >= 0.3 is 6.18 Å². The zero-order valence-electron chi connectivity index (χ0n) is 11.3. The van der Waals surface area contributed by atoms with Crippen molar-refractivity contribution >= 4 is 5.69 Å². The van der Waals surface area contributed by atoms with Crippen LogP contribution in [0.15, 0.2) is 28.8 Å². The maximum absolute atomic E-state index is 11.9. The smallest absolute Gasteiger partial charge is 0.387 e. The number of rotatable bonds is 6. The second-order valence-electron chi connectivity index (χ2n) is 4.23. The predicted molar refractivity (Wildman–Crippen MR) is 69.9 cm³/mol. The maximum atomic E-state index is 11.9. The van der Waals surface area contributed by atoms with Gasteiger partial charge in [0.05, 0.1) is 12.2 Å². The van der Waals surface area contributed by atoms with Gasteiger partial charge in [0.1, 0.15) is 6.61 Å². The summed E-state index contributed by atoms with van der Waals surface area (Å²) in [5, 5.41) is 6.72. The van der Waals surface area contributed by atoms with Gasteiger partial charge in [0.25, 0.3) is 5.89 Å². The molecule has 0 aliphatic carbocycles. The molecule has 2 rings (SSSR count). The highest BCUT2D eigenvalue weighted by molar-refractivity contribution is 5.71. The summed E-state index contributed by atoms with van der Waals surface area (Å²) in [5.74, 6) is 0.615. The number of aromatic nitrogens is 2. The first-order chi connectivity index (χ1) is 9.99. The van der Waals surface area contributed by atoms with E-state index >= 15 is 0 Å². The Kier molecular flexibility index (Phi) is 4.79. The number of anilines is 1. The molecule has 0 unspecified atom stereocenters. The van der Waals surface area contributed by atoms with E-state index in [2.05, 4.69) is 20.2 Å². The van der Waals surface area contributed by atoms with Crippen LogP contribution in [0.2, 0.25) is 0 Å². The summed E-state index contributed by atoms with van der Waals surface area (Å²) in [4.78, 5) is 4.14. The molecule has 114 valence electrons. The van der Waals surface area contributed by atoms with Crippen LogP contribution in [0.4, 0.5) is 18.9 Å². The molecule has 1 heterocycles. The molecule has 1 aromatic carbocycles. The lowest BCUT2D eigenvalue weighted by Crippen LogP contribution is -2.18. The monoisotopic (exact) mass is 301 g/mol. The van der Waals surface area contributed by atoms with Crippen molar-refractivity contribution < 1.29 is 22.4 Å². The fraction of sp³-hybridized carbons (Fsp3) is 0.385. The van der Waals surface area contributed by atoms with E-state index in [9.17, 15) is 13.2 Å². The van der Waals surface area contributed by atoms with E-state index in [1.807, 2.05) is 24.3 Å². The SMILES string of the molecule is CNc1ccccc1-c1nc(CCOCC(F)(F)F)no1. The van der Waals surface area contributed by atoms with Gasteiger partial charge in [-0.1, -0.05) is 17.3 Å². The molecule has 0 spiro atoms. The van der Waals surface area contributed by atoms with E-state index in [1.165, 1.54) is 0 Å². The van der Waals surface area contributed by atoms with E-state index in [0.717, 1.165) is 11.3 Å². The minimum absolute atomic E-state index is 0.119. The van der Waals surface area contributed by atoms with Crippen LogP contribution in [-0.4, -0.2) is 36.6 Å². The van der Waals surface area contributed by atoms with Gasteiger partial charge in [-0.15, -0.1) is 0 Å². The highest BCUT2D eigenvalue weighted by atomic mass is 19.4. The summed E-state index contributed by atoms with van der Waals surface area (Å²) < 4.78 is 45.3. The Morgan fingerprint density at radius 3 is 2.76 bits per heavy atom. The van der Waals surface area contributed by atoms with E-state index in [0.29, 0.717) is 11.7 Å². The molecule has 8 heteroatoms. The predicted octanol–water partition coefficient (Wildman–Crippen LogP) is 2.90. The van der Waals surface area contributed by atoms with Gasteiger partial charge in [0.2, 0.25) is 0 Å². The molecule has 21 heavy (non-hydrogen) atoms. The minimum atomic E-state index is -4.33. The van der Waals surface area contributed by atoms with Crippen LogP contribution in [0.25, 0.3) is 11.5 Å². The second-order valence-corrected chi connectivity index (χ2v) is 4.23. The Morgan fingerprint density at radius 2 is 2.05 bits per heavy atom.